The van der Waals surface area contributed by atoms with E-state index in [2.05, 4.69) is 19.2 Å². The van der Waals surface area contributed by atoms with Gasteiger partial charge < -0.3 is 5.32 Å². The van der Waals surface area contributed by atoms with E-state index >= 15 is 0 Å². The molecule has 0 rings (SSSR count). The fraction of sp³-hybridized carbons (Fsp3) is 0.833. The number of hydrogen-bond donors (Lipinski definition) is 1. The lowest BCUT2D eigenvalue weighted by Crippen LogP contribution is -2.31. The first kappa shape index (κ1) is 13.5. The predicted molar refractivity (Wildman–Crippen MR) is 61.0 cm³/mol. The van der Waals surface area contributed by atoms with E-state index in [1.165, 1.54) is 12.8 Å². The Kier molecular flexibility index (Phi) is 8.70. The minimum absolute atomic E-state index is 0.203. The number of carbonyl (C=O) groups is 1. The van der Waals surface area contributed by atoms with Gasteiger partial charge in [0.2, 0.25) is 5.91 Å². The Morgan fingerprint density at radius 1 is 1.29 bits per heavy atom. The average molecular weight is 198 g/mol. The highest BCUT2D eigenvalue weighted by Crippen LogP contribution is 2.04. The number of carbonyl (C=O) groups excluding carboxylic acids is 1. The Morgan fingerprint density at radius 3 is 2.50 bits per heavy atom. The molecular weight excluding hydrogens is 174 g/mol. The average Bonchev–Trinajstić information content (AvgIpc) is 2.17. The van der Waals surface area contributed by atoms with Gasteiger partial charge in [-0.15, -0.1) is 0 Å². The van der Waals surface area contributed by atoms with E-state index < -0.39 is 0 Å². The Hall–Kier alpha value is -0.530. The normalized spacial score (nSPS) is 12.5. The highest BCUT2D eigenvalue weighted by atomic mass is 16.1. The van der Waals surface area contributed by atoms with Crippen LogP contribution in [0.2, 0.25) is 0 Å². The number of amides is 1. The molecule has 2 nitrogen and oxygen atoms in total. The van der Waals surface area contributed by atoms with Crippen molar-refractivity contribution in [1.82, 2.24) is 5.32 Å². The van der Waals surface area contributed by atoms with Crippen LogP contribution in [-0.2, 0) is 4.79 Å². The maximum Gasteiger partial charge on any atom is 0.220 e. The molecule has 1 unspecified atom stereocenters. The number of unbranched alkanes of at least 4 members (excludes halogenated alkanes) is 4. The summed E-state index contributed by atoms with van der Waals surface area (Å²) < 4.78 is 0. The maximum atomic E-state index is 11.3. The SMILES string of the molecule is [CH2]CCCCCCC(=O)NC(C)CC. The van der Waals surface area contributed by atoms with E-state index in [4.69, 9.17) is 0 Å². The largest absolute Gasteiger partial charge is 0.354 e. The van der Waals surface area contributed by atoms with Crippen LogP contribution in [0.1, 0.15) is 58.8 Å². The van der Waals surface area contributed by atoms with Crippen LogP contribution in [0.4, 0.5) is 0 Å². The molecule has 0 aliphatic heterocycles. The van der Waals surface area contributed by atoms with Gasteiger partial charge in [0, 0.05) is 12.5 Å². The van der Waals surface area contributed by atoms with Gasteiger partial charge in [0.05, 0.1) is 0 Å². The maximum absolute atomic E-state index is 11.3. The zero-order valence-electron chi connectivity index (χ0n) is 9.64. The molecule has 0 aromatic heterocycles. The predicted octanol–water partition coefficient (Wildman–Crippen LogP) is 3.08. The molecule has 0 aliphatic rings. The highest BCUT2D eigenvalue weighted by molar-refractivity contribution is 5.76. The third-order valence-corrected chi connectivity index (χ3v) is 2.42. The highest BCUT2D eigenvalue weighted by Gasteiger charge is 2.04. The standard InChI is InChI=1S/C12H24NO/c1-4-6-7-8-9-10-12(14)13-11(3)5-2/h11H,1,4-10H2,2-3H3,(H,13,14). The first-order valence-corrected chi connectivity index (χ1v) is 5.79. The van der Waals surface area contributed by atoms with Gasteiger partial charge in [0.25, 0.3) is 0 Å². The zero-order chi connectivity index (χ0) is 10.8. The molecule has 0 saturated carbocycles. The van der Waals surface area contributed by atoms with Crippen LogP contribution in [0.3, 0.4) is 0 Å². The quantitative estimate of drug-likeness (QED) is 0.597. The van der Waals surface area contributed by atoms with E-state index in [0.29, 0.717) is 12.5 Å². The molecule has 0 saturated heterocycles. The lowest BCUT2D eigenvalue weighted by Gasteiger charge is -2.10. The summed E-state index contributed by atoms with van der Waals surface area (Å²) in [5.74, 6) is 0.203. The van der Waals surface area contributed by atoms with Gasteiger partial charge in [-0.1, -0.05) is 39.5 Å². The molecule has 0 spiro atoms. The van der Waals surface area contributed by atoms with Crippen LogP contribution in [0, 0.1) is 6.92 Å². The van der Waals surface area contributed by atoms with Crippen molar-refractivity contribution < 1.29 is 4.79 Å². The molecule has 1 amide bonds. The van der Waals surface area contributed by atoms with Crippen LogP contribution < -0.4 is 5.32 Å². The lowest BCUT2D eigenvalue weighted by atomic mass is 10.1. The summed E-state index contributed by atoms with van der Waals surface area (Å²) in [5, 5.41) is 2.97. The van der Waals surface area contributed by atoms with Crippen LogP contribution in [-0.4, -0.2) is 11.9 Å². The smallest absolute Gasteiger partial charge is 0.220 e. The lowest BCUT2D eigenvalue weighted by molar-refractivity contribution is -0.121. The Balaban J connectivity index is 3.27. The van der Waals surface area contributed by atoms with Gasteiger partial charge in [-0.3, -0.25) is 4.79 Å². The number of nitrogens with one attached hydrogen (secondary N) is 1. The second kappa shape index (κ2) is 9.04. The van der Waals surface area contributed by atoms with Crippen LogP contribution in [0.5, 0.6) is 0 Å². The Morgan fingerprint density at radius 2 is 1.93 bits per heavy atom. The molecule has 0 aromatic rings. The summed E-state index contributed by atoms with van der Waals surface area (Å²) in [6.07, 6.45) is 7.27. The van der Waals surface area contributed by atoms with Crippen molar-refractivity contribution in [1.29, 1.82) is 0 Å². The first-order chi connectivity index (χ1) is 6.70. The summed E-state index contributed by atoms with van der Waals surface area (Å²) in [6.45, 7) is 7.91. The van der Waals surface area contributed by atoms with Gasteiger partial charge in [0.15, 0.2) is 0 Å². The van der Waals surface area contributed by atoms with E-state index in [1.54, 1.807) is 0 Å². The fourth-order valence-electron chi connectivity index (χ4n) is 1.26. The van der Waals surface area contributed by atoms with E-state index in [9.17, 15) is 4.79 Å². The Labute approximate surface area is 88.5 Å². The summed E-state index contributed by atoms with van der Waals surface area (Å²) in [6, 6.07) is 0.322. The molecule has 1 atom stereocenters. The number of rotatable bonds is 8. The van der Waals surface area contributed by atoms with Crippen molar-refractivity contribution in [2.75, 3.05) is 0 Å². The monoisotopic (exact) mass is 198 g/mol. The molecule has 2 heteroatoms. The Bertz CT molecular complexity index is 145. The molecule has 0 aliphatic carbocycles. The van der Waals surface area contributed by atoms with Crippen molar-refractivity contribution in [2.24, 2.45) is 0 Å². The topological polar surface area (TPSA) is 29.1 Å². The van der Waals surface area contributed by atoms with Crippen LogP contribution >= 0.6 is 0 Å². The van der Waals surface area contributed by atoms with Crippen LogP contribution in [0.15, 0.2) is 0 Å². The zero-order valence-corrected chi connectivity index (χ0v) is 9.64. The molecule has 0 fully saturated rings. The second-order valence-electron chi connectivity index (χ2n) is 3.89. The van der Waals surface area contributed by atoms with Crippen molar-refractivity contribution in [3.05, 3.63) is 6.92 Å². The van der Waals surface area contributed by atoms with Gasteiger partial charge in [-0.25, -0.2) is 0 Å². The molecule has 0 heterocycles. The van der Waals surface area contributed by atoms with Crippen molar-refractivity contribution in [2.45, 2.75) is 64.8 Å². The molecule has 1 radical (unpaired) electrons. The van der Waals surface area contributed by atoms with Crippen molar-refractivity contribution in [3.8, 4) is 0 Å². The summed E-state index contributed by atoms with van der Waals surface area (Å²) in [7, 11) is 0. The molecule has 1 N–H and O–H groups in total. The molecule has 83 valence electrons. The fourth-order valence-corrected chi connectivity index (χ4v) is 1.26. The van der Waals surface area contributed by atoms with E-state index in [-0.39, 0.29) is 5.91 Å². The van der Waals surface area contributed by atoms with E-state index in [0.717, 1.165) is 25.7 Å². The molecular formula is C12H24NO. The van der Waals surface area contributed by atoms with Crippen LogP contribution in [0.25, 0.3) is 0 Å². The van der Waals surface area contributed by atoms with Crippen molar-refractivity contribution in [3.63, 3.8) is 0 Å². The van der Waals surface area contributed by atoms with E-state index in [1.807, 2.05) is 6.92 Å². The van der Waals surface area contributed by atoms with Gasteiger partial charge in [-0.2, -0.15) is 0 Å². The molecule has 0 aromatic carbocycles. The third-order valence-electron chi connectivity index (χ3n) is 2.42. The van der Waals surface area contributed by atoms with Gasteiger partial charge in [0.1, 0.15) is 0 Å². The number of hydrogen-bond acceptors (Lipinski definition) is 1. The summed E-state index contributed by atoms with van der Waals surface area (Å²) >= 11 is 0. The first-order valence-electron chi connectivity index (χ1n) is 5.79. The molecule has 0 bridgehead atoms. The van der Waals surface area contributed by atoms with Gasteiger partial charge >= 0.3 is 0 Å². The summed E-state index contributed by atoms with van der Waals surface area (Å²) in [5.41, 5.74) is 0. The van der Waals surface area contributed by atoms with Gasteiger partial charge in [-0.05, 0) is 19.8 Å². The summed E-state index contributed by atoms with van der Waals surface area (Å²) in [4.78, 5) is 11.3. The second-order valence-corrected chi connectivity index (χ2v) is 3.89. The minimum atomic E-state index is 0.203. The molecule has 14 heavy (non-hydrogen) atoms. The minimum Gasteiger partial charge on any atom is -0.354 e. The third kappa shape index (κ3) is 8.09. The van der Waals surface area contributed by atoms with Crippen molar-refractivity contribution >= 4 is 5.91 Å².